The zero-order valence-electron chi connectivity index (χ0n) is 14.8. The maximum absolute atomic E-state index is 11.9. The van der Waals surface area contributed by atoms with E-state index in [1.807, 2.05) is 24.3 Å². The molecule has 6 nitrogen and oxygen atoms in total. The van der Waals surface area contributed by atoms with E-state index >= 15 is 0 Å². The molecule has 0 aliphatic carbocycles. The van der Waals surface area contributed by atoms with E-state index in [-0.39, 0.29) is 11.4 Å². The molecule has 0 aliphatic rings. The van der Waals surface area contributed by atoms with E-state index in [4.69, 9.17) is 4.74 Å². The molecule has 6 heteroatoms. The topological polar surface area (TPSA) is 81.5 Å². The van der Waals surface area contributed by atoms with E-state index in [1.54, 1.807) is 26.8 Å². The lowest BCUT2D eigenvalue weighted by molar-refractivity contribution is -0.383. The number of carbonyl (C=O) groups excluding carboxylic acids is 1. The van der Waals surface area contributed by atoms with E-state index in [1.165, 1.54) is 17.7 Å². The van der Waals surface area contributed by atoms with Crippen molar-refractivity contribution in [2.75, 3.05) is 5.32 Å². The first kappa shape index (κ1) is 18.4. The van der Waals surface area contributed by atoms with Gasteiger partial charge in [-0.2, -0.15) is 0 Å². The average molecular weight is 342 g/mol. The van der Waals surface area contributed by atoms with E-state index < -0.39 is 16.6 Å². The maximum Gasteiger partial charge on any atom is 0.412 e. The van der Waals surface area contributed by atoms with Gasteiger partial charge in [0, 0.05) is 6.07 Å². The standard InChI is InChI=1S/C19H22N2O4/c1-5-13-6-8-14(9-7-13)15-10-11-16(17(12-15)21(23)24)20-18(22)25-19(2,3)4/h6-12H,5H2,1-4H3,(H,20,22). The first-order valence-electron chi connectivity index (χ1n) is 8.07. The van der Waals surface area contributed by atoms with E-state index in [0.29, 0.717) is 5.56 Å². The predicted molar refractivity (Wildman–Crippen MR) is 97.8 cm³/mol. The second-order valence-electron chi connectivity index (χ2n) is 6.67. The maximum atomic E-state index is 11.9. The number of carbonyl (C=O) groups is 1. The molecule has 0 saturated carbocycles. The van der Waals surface area contributed by atoms with Gasteiger partial charge in [-0.3, -0.25) is 15.4 Å². The molecule has 2 aromatic rings. The summed E-state index contributed by atoms with van der Waals surface area (Å²) < 4.78 is 5.14. The number of aryl methyl sites for hydroxylation is 1. The van der Waals surface area contributed by atoms with Gasteiger partial charge in [0.1, 0.15) is 11.3 Å². The zero-order valence-corrected chi connectivity index (χ0v) is 14.8. The van der Waals surface area contributed by atoms with Crippen molar-refractivity contribution in [1.82, 2.24) is 0 Å². The molecule has 0 bridgehead atoms. The van der Waals surface area contributed by atoms with Crippen LogP contribution >= 0.6 is 0 Å². The Balaban J connectivity index is 2.30. The van der Waals surface area contributed by atoms with E-state index in [0.717, 1.165) is 12.0 Å². The van der Waals surface area contributed by atoms with Crippen LogP contribution in [0.3, 0.4) is 0 Å². The molecule has 2 rings (SSSR count). The van der Waals surface area contributed by atoms with Crippen LogP contribution in [-0.2, 0) is 11.2 Å². The smallest absolute Gasteiger partial charge is 0.412 e. The fourth-order valence-corrected chi connectivity index (χ4v) is 2.31. The summed E-state index contributed by atoms with van der Waals surface area (Å²) >= 11 is 0. The number of nitrogens with zero attached hydrogens (tertiary/aromatic N) is 1. The molecule has 132 valence electrons. The van der Waals surface area contributed by atoms with Crippen LogP contribution in [0.25, 0.3) is 11.1 Å². The minimum Gasteiger partial charge on any atom is -0.444 e. The van der Waals surface area contributed by atoms with Crippen molar-refractivity contribution < 1.29 is 14.5 Å². The lowest BCUT2D eigenvalue weighted by Crippen LogP contribution is -2.27. The van der Waals surface area contributed by atoms with Gasteiger partial charge in [-0.25, -0.2) is 4.79 Å². The third kappa shape index (κ3) is 5.04. The quantitative estimate of drug-likeness (QED) is 0.614. The number of nitro benzene ring substituents is 1. The van der Waals surface area contributed by atoms with Crippen molar-refractivity contribution in [2.45, 2.75) is 39.7 Å². The third-order valence-corrected chi connectivity index (χ3v) is 3.53. The predicted octanol–water partition coefficient (Wildman–Crippen LogP) is 5.17. The first-order chi connectivity index (χ1) is 11.7. The molecule has 0 fully saturated rings. The number of anilines is 1. The van der Waals surface area contributed by atoms with Crippen LogP contribution in [0.4, 0.5) is 16.2 Å². The second kappa shape index (κ2) is 7.34. The van der Waals surface area contributed by atoms with E-state index in [9.17, 15) is 14.9 Å². The summed E-state index contributed by atoms with van der Waals surface area (Å²) in [6.07, 6.45) is 0.203. The van der Waals surface area contributed by atoms with Gasteiger partial charge in [-0.15, -0.1) is 0 Å². The van der Waals surface area contributed by atoms with Gasteiger partial charge in [-0.1, -0.05) is 37.3 Å². The number of hydrogen-bond acceptors (Lipinski definition) is 4. The lowest BCUT2D eigenvalue weighted by Gasteiger charge is -2.19. The highest BCUT2D eigenvalue weighted by Crippen LogP contribution is 2.31. The van der Waals surface area contributed by atoms with Crippen molar-refractivity contribution in [2.24, 2.45) is 0 Å². The van der Waals surface area contributed by atoms with Gasteiger partial charge in [0.15, 0.2) is 0 Å². The Hall–Kier alpha value is -2.89. The SMILES string of the molecule is CCc1ccc(-c2ccc(NC(=O)OC(C)(C)C)c([N+](=O)[O-])c2)cc1. The van der Waals surface area contributed by atoms with E-state index in [2.05, 4.69) is 12.2 Å². The van der Waals surface area contributed by atoms with Gasteiger partial charge in [0.05, 0.1) is 4.92 Å². The van der Waals surface area contributed by atoms with Crippen molar-refractivity contribution in [3.63, 3.8) is 0 Å². The number of benzene rings is 2. The van der Waals surface area contributed by atoms with Gasteiger partial charge in [0.2, 0.25) is 0 Å². The summed E-state index contributed by atoms with van der Waals surface area (Å²) in [6.45, 7) is 7.25. The molecule has 0 spiro atoms. The molecule has 2 aromatic carbocycles. The highest BCUT2D eigenvalue weighted by Gasteiger charge is 2.21. The zero-order chi connectivity index (χ0) is 18.6. The Morgan fingerprint density at radius 3 is 2.24 bits per heavy atom. The lowest BCUT2D eigenvalue weighted by atomic mass is 10.0. The Morgan fingerprint density at radius 1 is 1.12 bits per heavy atom. The molecular formula is C19H22N2O4. The molecule has 1 amide bonds. The normalized spacial score (nSPS) is 11.0. The largest absolute Gasteiger partial charge is 0.444 e. The van der Waals surface area contributed by atoms with Gasteiger partial charge < -0.3 is 4.74 Å². The Kier molecular flexibility index (Phi) is 5.41. The third-order valence-electron chi connectivity index (χ3n) is 3.53. The van der Waals surface area contributed by atoms with Crippen LogP contribution in [0.5, 0.6) is 0 Å². The molecule has 0 aromatic heterocycles. The summed E-state index contributed by atoms with van der Waals surface area (Å²) in [5.41, 5.74) is 2.03. The molecule has 0 unspecified atom stereocenters. The Labute approximate surface area is 147 Å². The van der Waals surface area contributed by atoms with Crippen LogP contribution in [0.15, 0.2) is 42.5 Å². The van der Waals surface area contributed by atoms with Crippen molar-refractivity contribution >= 4 is 17.5 Å². The van der Waals surface area contributed by atoms with Crippen LogP contribution in [0.2, 0.25) is 0 Å². The van der Waals surface area contributed by atoms with Crippen LogP contribution in [0, 0.1) is 10.1 Å². The summed E-state index contributed by atoms with van der Waals surface area (Å²) in [5, 5.41) is 13.8. The summed E-state index contributed by atoms with van der Waals surface area (Å²) in [4.78, 5) is 22.7. The van der Waals surface area contributed by atoms with Gasteiger partial charge in [-0.05, 0) is 49.9 Å². The molecule has 0 heterocycles. The number of hydrogen-bond donors (Lipinski definition) is 1. The summed E-state index contributed by atoms with van der Waals surface area (Å²) in [5.74, 6) is 0. The molecule has 0 aliphatic heterocycles. The van der Waals surface area contributed by atoms with Crippen molar-refractivity contribution in [1.29, 1.82) is 0 Å². The van der Waals surface area contributed by atoms with Crippen molar-refractivity contribution in [3.8, 4) is 11.1 Å². The minimum absolute atomic E-state index is 0.105. The van der Waals surface area contributed by atoms with Crippen molar-refractivity contribution in [3.05, 3.63) is 58.1 Å². The Bertz CT molecular complexity index is 777. The Morgan fingerprint density at radius 2 is 1.72 bits per heavy atom. The average Bonchev–Trinajstić information content (AvgIpc) is 2.53. The number of rotatable bonds is 4. The van der Waals surface area contributed by atoms with Crippen LogP contribution < -0.4 is 5.32 Å². The molecule has 0 saturated heterocycles. The number of amides is 1. The highest BCUT2D eigenvalue weighted by molar-refractivity contribution is 5.89. The van der Waals surface area contributed by atoms with Gasteiger partial charge >= 0.3 is 6.09 Å². The second-order valence-corrected chi connectivity index (χ2v) is 6.67. The number of nitro groups is 1. The molecule has 25 heavy (non-hydrogen) atoms. The molecule has 0 radical (unpaired) electrons. The summed E-state index contributed by atoms with van der Waals surface area (Å²) in [7, 11) is 0. The van der Waals surface area contributed by atoms with Gasteiger partial charge in [0.25, 0.3) is 5.69 Å². The fraction of sp³-hybridized carbons (Fsp3) is 0.316. The summed E-state index contributed by atoms with van der Waals surface area (Å²) in [6, 6.07) is 12.6. The fourth-order valence-electron chi connectivity index (χ4n) is 2.31. The first-order valence-corrected chi connectivity index (χ1v) is 8.07. The molecule has 0 atom stereocenters. The van der Waals surface area contributed by atoms with Crippen LogP contribution in [-0.4, -0.2) is 16.6 Å². The van der Waals surface area contributed by atoms with Crippen LogP contribution in [0.1, 0.15) is 33.3 Å². The molecular weight excluding hydrogens is 320 g/mol. The minimum atomic E-state index is -0.726. The monoisotopic (exact) mass is 342 g/mol. The molecule has 1 N–H and O–H groups in total. The number of nitrogens with one attached hydrogen (secondary N) is 1. The number of ether oxygens (including phenoxy) is 1. The highest BCUT2D eigenvalue weighted by atomic mass is 16.6.